The largest absolute Gasteiger partial charge is 0.493 e. The molecule has 5 nitrogen and oxygen atoms in total. The molecule has 1 aromatic carbocycles. The van der Waals surface area contributed by atoms with Gasteiger partial charge in [0.15, 0.2) is 5.75 Å². The second-order valence-electron chi connectivity index (χ2n) is 5.37. The highest BCUT2D eigenvalue weighted by Gasteiger charge is 2.27. The molecule has 0 aromatic heterocycles. The Morgan fingerprint density at radius 2 is 1.90 bits per heavy atom. The number of nitrogen functional groups attached to an aromatic ring is 1. The van der Waals surface area contributed by atoms with Gasteiger partial charge in [-0.3, -0.25) is 0 Å². The summed E-state index contributed by atoms with van der Waals surface area (Å²) in [7, 11) is -2.16. The molecule has 6 heteroatoms. The quantitative estimate of drug-likeness (QED) is 0.834. The maximum Gasteiger partial charge on any atom is 0.244 e. The molecule has 0 atom stereocenters. The highest BCUT2D eigenvalue weighted by atomic mass is 32.2. The van der Waals surface area contributed by atoms with Gasteiger partial charge >= 0.3 is 0 Å². The molecule has 112 valence electrons. The molecule has 1 aliphatic rings. The first kappa shape index (κ1) is 15.1. The van der Waals surface area contributed by atoms with E-state index in [1.54, 1.807) is 6.07 Å². The van der Waals surface area contributed by atoms with Crippen LogP contribution in [0.2, 0.25) is 0 Å². The van der Waals surface area contributed by atoms with Crippen LogP contribution in [-0.4, -0.2) is 21.6 Å². The number of rotatable bonds is 4. The lowest BCUT2D eigenvalue weighted by Crippen LogP contribution is -2.33. The van der Waals surface area contributed by atoms with E-state index in [9.17, 15) is 8.42 Å². The highest BCUT2D eigenvalue weighted by Crippen LogP contribution is 2.35. The molecule has 1 saturated carbocycles. The number of sulfonamides is 1. The minimum atomic E-state index is -3.60. The van der Waals surface area contributed by atoms with E-state index < -0.39 is 10.0 Å². The number of nitrogens with one attached hydrogen (secondary N) is 1. The zero-order valence-corrected chi connectivity index (χ0v) is 13.0. The highest BCUT2D eigenvalue weighted by molar-refractivity contribution is 7.89. The van der Waals surface area contributed by atoms with Crippen LogP contribution in [0.5, 0.6) is 5.75 Å². The van der Waals surface area contributed by atoms with Crippen LogP contribution < -0.4 is 15.2 Å². The Morgan fingerprint density at radius 1 is 1.30 bits per heavy atom. The molecule has 0 spiro atoms. The van der Waals surface area contributed by atoms with E-state index in [0.29, 0.717) is 5.69 Å². The van der Waals surface area contributed by atoms with E-state index in [1.807, 2.05) is 13.8 Å². The van der Waals surface area contributed by atoms with Gasteiger partial charge in [-0.25, -0.2) is 13.1 Å². The maximum absolute atomic E-state index is 12.5. The summed E-state index contributed by atoms with van der Waals surface area (Å²) >= 11 is 0. The Kier molecular flexibility index (Phi) is 4.25. The number of methoxy groups -OCH3 is 1. The van der Waals surface area contributed by atoms with Gasteiger partial charge in [-0.05, 0) is 43.9 Å². The van der Waals surface area contributed by atoms with Gasteiger partial charge in [0.1, 0.15) is 4.90 Å². The Bertz CT molecular complexity index is 605. The topological polar surface area (TPSA) is 81.4 Å². The fourth-order valence-corrected chi connectivity index (χ4v) is 4.19. The predicted octanol–water partition coefficient (Wildman–Crippen LogP) is 2.12. The first-order valence-corrected chi connectivity index (χ1v) is 8.31. The van der Waals surface area contributed by atoms with Gasteiger partial charge in [0.05, 0.1) is 12.8 Å². The lowest BCUT2D eigenvalue weighted by molar-refractivity contribution is 0.403. The van der Waals surface area contributed by atoms with Gasteiger partial charge in [-0.15, -0.1) is 0 Å². The lowest BCUT2D eigenvalue weighted by atomic mass is 10.1. The van der Waals surface area contributed by atoms with Crippen molar-refractivity contribution in [1.29, 1.82) is 0 Å². The zero-order chi connectivity index (χ0) is 14.9. The minimum absolute atomic E-state index is 0.0209. The molecule has 0 saturated heterocycles. The molecule has 1 aromatic rings. The Morgan fingerprint density at radius 3 is 2.45 bits per heavy atom. The number of aryl methyl sites for hydroxylation is 1. The molecule has 0 unspecified atom stereocenters. The van der Waals surface area contributed by atoms with Gasteiger partial charge in [0.2, 0.25) is 10.0 Å². The van der Waals surface area contributed by atoms with Gasteiger partial charge < -0.3 is 10.5 Å². The van der Waals surface area contributed by atoms with Crippen molar-refractivity contribution in [1.82, 2.24) is 4.72 Å². The molecule has 0 aliphatic heterocycles. The van der Waals surface area contributed by atoms with Crippen molar-refractivity contribution in [3.05, 3.63) is 17.2 Å². The average Bonchev–Trinajstić information content (AvgIpc) is 2.87. The zero-order valence-electron chi connectivity index (χ0n) is 12.2. The smallest absolute Gasteiger partial charge is 0.244 e. The van der Waals surface area contributed by atoms with Crippen molar-refractivity contribution in [3.63, 3.8) is 0 Å². The summed E-state index contributed by atoms with van der Waals surface area (Å²) in [6.45, 7) is 3.70. The second kappa shape index (κ2) is 5.61. The first-order chi connectivity index (χ1) is 9.36. The first-order valence-electron chi connectivity index (χ1n) is 6.83. The minimum Gasteiger partial charge on any atom is -0.493 e. The maximum atomic E-state index is 12.5. The van der Waals surface area contributed by atoms with E-state index in [4.69, 9.17) is 10.5 Å². The monoisotopic (exact) mass is 298 g/mol. The number of hydrogen-bond acceptors (Lipinski definition) is 4. The van der Waals surface area contributed by atoms with Crippen molar-refractivity contribution in [2.45, 2.75) is 50.5 Å². The Balaban J connectivity index is 2.45. The van der Waals surface area contributed by atoms with Crippen LogP contribution in [0.1, 0.15) is 36.8 Å². The van der Waals surface area contributed by atoms with Crippen LogP contribution in [-0.2, 0) is 10.0 Å². The van der Waals surface area contributed by atoms with Crippen LogP contribution in [0.3, 0.4) is 0 Å². The van der Waals surface area contributed by atoms with E-state index in [-0.39, 0.29) is 16.7 Å². The summed E-state index contributed by atoms with van der Waals surface area (Å²) in [4.78, 5) is 0.132. The summed E-state index contributed by atoms with van der Waals surface area (Å²) in [5.41, 5.74) is 8.06. The van der Waals surface area contributed by atoms with Crippen LogP contribution >= 0.6 is 0 Å². The van der Waals surface area contributed by atoms with Gasteiger partial charge in [0, 0.05) is 6.04 Å². The standard InChI is InChI=1S/C14H22N2O3S/c1-9-8-12(14(19-3)13(15)10(9)2)20(17,18)16-11-6-4-5-7-11/h8,11,16H,4-7,15H2,1-3H3. The summed E-state index contributed by atoms with van der Waals surface area (Å²) in [6.07, 6.45) is 3.92. The SMILES string of the molecule is COc1c(S(=O)(=O)NC2CCCC2)cc(C)c(C)c1N. The van der Waals surface area contributed by atoms with Crippen LogP contribution in [0, 0.1) is 13.8 Å². The van der Waals surface area contributed by atoms with E-state index in [0.717, 1.165) is 36.8 Å². The van der Waals surface area contributed by atoms with Crippen LogP contribution in [0.25, 0.3) is 0 Å². The van der Waals surface area contributed by atoms with Crippen LogP contribution in [0.15, 0.2) is 11.0 Å². The lowest BCUT2D eigenvalue weighted by Gasteiger charge is -2.18. The number of ether oxygens (including phenoxy) is 1. The van der Waals surface area contributed by atoms with Crippen molar-refractivity contribution < 1.29 is 13.2 Å². The van der Waals surface area contributed by atoms with E-state index in [1.165, 1.54) is 7.11 Å². The third kappa shape index (κ3) is 2.76. The van der Waals surface area contributed by atoms with E-state index >= 15 is 0 Å². The average molecular weight is 298 g/mol. The molecule has 0 amide bonds. The van der Waals surface area contributed by atoms with Crippen molar-refractivity contribution in [3.8, 4) is 5.75 Å². The number of hydrogen-bond donors (Lipinski definition) is 2. The molecule has 0 radical (unpaired) electrons. The summed E-state index contributed by atoms with van der Waals surface area (Å²) in [5.74, 6) is 0.235. The molecule has 1 fully saturated rings. The predicted molar refractivity (Wildman–Crippen MR) is 79.5 cm³/mol. The molecular weight excluding hydrogens is 276 g/mol. The van der Waals surface area contributed by atoms with Gasteiger partial charge in [0.25, 0.3) is 0 Å². The fourth-order valence-electron chi connectivity index (χ4n) is 2.62. The molecular formula is C14H22N2O3S. The molecule has 0 bridgehead atoms. The molecule has 0 heterocycles. The van der Waals surface area contributed by atoms with Crippen molar-refractivity contribution >= 4 is 15.7 Å². The van der Waals surface area contributed by atoms with Gasteiger partial charge in [-0.1, -0.05) is 12.8 Å². The second-order valence-corrected chi connectivity index (χ2v) is 7.05. The fraction of sp³-hybridized carbons (Fsp3) is 0.571. The molecule has 2 rings (SSSR count). The third-order valence-corrected chi connectivity index (χ3v) is 5.51. The Hall–Kier alpha value is -1.27. The van der Waals surface area contributed by atoms with Crippen LogP contribution in [0.4, 0.5) is 5.69 Å². The molecule has 20 heavy (non-hydrogen) atoms. The van der Waals surface area contributed by atoms with Gasteiger partial charge in [-0.2, -0.15) is 0 Å². The summed E-state index contributed by atoms with van der Waals surface area (Å²) < 4.78 is 33.0. The molecule has 3 N–H and O–H groups in total. The Labute approximate surface area is 120 Å². The number of anilines is 1. The summed E-state index contributed by atoms with van der Waals surface area (Å²) in [6, 6.07) is 1.65. The van der Waals surface area contributed by atoms with E-state index in [2.05, 4.69) is 4.72 Å². The molecule has 1 aliphatic carbocycles. The van der Waals surface area contributed by atoms with Crippen molar-refractivity contribution in [2.24, 2.45) is 0 Å². The number of benzene rings is 1. The normalized spacial score (nSPS) is 16.6. The number of nitrogens with two attached hydrogens (primary N) is 1. The van der Waals surface area contributed by atoms with Crippen molar-refractivity contribution in [2.75, 3.05) is 12.8 Å². The third-order valence-electron chi connectivity index (χ3n) is 3.98. The summed E-state index contributed by atoms with van der Waals surface area (Å²) in [5, 5.41) is 0.